The highest BCUT2D eigenvalue weighted by Gasteiger charge is 2.03. The molecular formula is C14H23ClN2O2. The van der Waals surface area contributed by atoms with Crippen LogP contribution in [0.25, 0.3) is 0 Å². The molecule has 3 N–H and O–H groups in total. The summed E-state index contributed by atoms with van der Waals surface area (Å²) in [5, 5.41) is 2.87. The number of halogens is 1. The first-order valence-electron chi connectivity index (χ1n) is 6.42. The maximum absolute atomic E-state index is 11.6. The van der Waals surface area contributed by atoms with E-state index in [2.05, 4.69) is 5.32 Å². The van der Waals surface area contributed by atoms with Gasteiger partial charge in [-0.05, 0) is 31.4 Å². The van der Waals surface area contributed by atoms with Crippen molar-refractivity contribution in [3.63, 3.8) is 0 Å². The van der Waals surface area contributed by atoms with Gasteiger partial charge in [0.1, 0.15) is 0 Å². The molecule has 0 unspecified atom stereocenters. The number of carbonyl (C=O) groups is 1. The maximum Gasteiger partial charge on any atom is 0.220 e. The number of nitrogen functional groups attached to an aromatic ring is 1. The van der Waals surface area contributed by atoms with Gasteiger partial charge in [0, 0.05) is 31.9 Å². The van der Waals surface area contributed by atoms with Crippen molar-refractivity contribution >= 4 is 24.0 Å². The molecule has 19 heavy (non-hydrogen) atoms. The number of anilines is 1. The van der Waals surface area contributed by atoms with E-state index in [4.69, 9.17) is 10.5 Å². The van der Waals surface area contributed by atoms with Gasteiger partial charge in [0.25, 0.3) is 0 Å². The molecular weight excluding hydrogens is 264 g/mol. The van der Waals surface area contributed by atoms with Gasteiger partial charge in [0.05, 0.1) is 0 Å². The van der Waals surface area contributed by atoms with Crippen LogP contribution in [0.2, 0.25) is 0 Å². The average molecular weight is 287 g/mol. The lowest BCUT2D eigenvalue weighted by Gasteiger charge is -2.07. The molecule has 0 atom stereocenters. The molecule has 1 aromatic carbocycles. The van der Waals surface area contributed by atoms with Gasteiger partial charge in [-0.15, -0.1) is 12.4 Å². The second-order valence-corrected chi connectivity index (χ2v) is 4.10. The minimum Gasteiger partial charge on any atom is -0.399 e. The summed E-state index contributed by atoms with van der Waals surface area (Å²) in [4.78, 5) is 11.6. The molecule has 0 saturated heterocycles. The Morgan fingerprint density at radius 3 is 2.79 bits per heavy atom. The lowest BCUT2D eigenvalue weighted by atomic mass is 10.1. The highest BCUT2D eigenvalue weighted by molar-refractivity contribution is 5.85. The Labute approximate surface area is 121 Å². The van der Waals surface area contributed by atoms with Gasteiger partial charge in [-0.3, -0.25) is 4.79 Å². The van der Waals surface area contributed by atoms with E-state index in [1.807, 2.05) is 31.2 Å². The Bertz CT molecular complexity index is 372. The summed E-state index contributed by atoms with van der Waals surface area (Å²) < 4.78 is 5.19. The number of carbonyl (C=O) groups excluding carboxylic acids is 1. The Hall–Kier alpha value is -1.26. The van der Waals surface area contributed by atoms with E-state index in [1.165, 1.54) is 0 Å². The van der Waals surface area contributed by atoms with Crippen LogP contribution in [-0.4, -0.2) is 25.7 Å². The van der Waals surface area contributed by atoms with Crippen molar-refractivity contribution in [3.8, 4) is 0 Å². The molecule has 0 heterocycles. The molecule has 0 aliphatic heterocycles. The van der Waals surface area contributed by atoms with E-state index in [-0.39, 0.29) is 18.3 Å². The molecule has 0 spiro atoms. The predicted octanol–water partition coefficient (Wildman–Crippen LogP) is 2.17. The quantitative estimate of drug-likeness (QED) is 0.569. The van der Waals surface area contributed by atoms with Crippen molar-refractivity contribution in [3.05, 3.63) is 29.8 Å². The third kappa shape index (κ3) is 7.70. The second kappa shape index (κ2) is 10.6. The van der Waals surface area contributed by atoms with Gasteiger partial charge in [-0.2, -0.15) is 0 Å². The Balaban J connectivity index is 0.00000324. The number of benzene rings is 1. The summed E-state index contributed by atoms with van der Waals surface area (Å²) >= 11 is 0. The molecule has 1 amide bonds. The van der Waals surface area contributed by atoms with E-state index in [0.29, 0.717) is 26.0 Å². The minimum atomic E-state index is 0. The SMILES string of the molecule is CCOCCCNC(=O)CCc1ccccc1N.Cl. The van der Waals surface area contributed by atoms with Crippen molar-refractivity contribution in [2.45, 2.75) is 26.2 Å². The fourth-order valence-corrected chi connectivity index (χ4v) is 1.64. The van der Waals surface area contributed by atoms with Crippen LogP contribution in [0.3, 0.4) is 0 Å². The highest BCUT2D eigenvalue weighted by Crippen LogP contribution is 2.12. The molecule has 108 valence electrons. The third-order valence-corrected chi connectivity index (χ3v) is 2.67. The monoisotopic (exact) mass is 286 g/mol. The van der Waals surface area contributed by atoms with Crippen LogP contribution in [0.1, 0.15) is 25.3 Å². The smallest absolute Gasteiger partial charge is 0.220 e. The molecule has 1 rings (SSSR count). The number of rotatable bonds is 8. The van der Waals surface area contributed by atoms with Gasteiger partial charge in [-0.1, -0.05) is 18.2 Å². The van der Waals surface area contributed by atoms with Crippen LogP contribution < -0.4 is 11.1 Å². The summed E-state index contributed by atoms with van der Waals surface area (Å²) in [6.07, 6.45) is 2.01. The predicted molar refractivity (Wildman–Crippen MR) is 80.5 cm³/mol. The minimum absolute atomic E-state index is 0. The molecule has 5 heteroatoms. The van der Waals surface area contributed by atoms with Crippen molar-refractivity contribution in [1.29, 1.82) is 0 Å². The van der Waals surface area contributed by atoms with Crippen molar-refractivity contribution in [1.82, 2.24) is 5.32 Å². The molecule has 0 aliphatic rings. The zero-order chi connectivity index (χ0) is 13.2. The van der Waals surface area contributed by atoms with Crippen LogP contribution in [0.5, 0.6) is 0 Å². The first-order valence-corrected chi connectivity index (χ1v) is 6.42. The zero-order valence-corrected chi connectivity index (χ0v) is 12.2. The number of nitrogens with one attached hydrogen (secondary N) is 1. The van der Waals surface area contributed by atoms with Gasteiger partial charge >= 0.3 is 0 Å². The van der Waals surface area contributed by atoms with Crippen molar-refractivity contribution in [2.75, 3.05) is 25.5 Å². The summed E-state index contributed by atoms with van der Waals surface area (Å²) in [6, 6.07) is 7.64. The molecule has 4 nitrogen and oxygen atoms in total. The van der Waals surface area contributed by atoms with Crippen molar-refractivity contribution in [2.24, 2.45) is 0 Å². The number of hydrogen-bond acceptors (Lipinski definition) is 3. The Kier molecular flexibility index (Phi) is 9.94. The van der Waals surface area contributed by atoms with Gasteiger partial charge in [0.15, 0.2) is 0 Å². The number of para-hydroxylation sites is 1. The van der Waals surface area contributed by atoms with Crippen LogP contribution in [0.4, 0.5) is 5.69 Å². The van der Waals surface area contributed by atoms with E-state index < -0.39 is 0 Å². The average Bonchev–Trinajstić information content (AvgIpc) is 2.37. The first kappa shape index (κ1) is 17.7. The van der Waals surface area contributed by atoms with E-state index in [1.54, 1.807) is 0 Å². The number of aryl methyl sites for hydroxylation is 1. The normalized spacial score (nSPS) is 9.74. The van der Waals surface area contributed by atoms with Crippen LogP contribution in [0, 0.1) is 0 Å². The van der Waals surface area contributed by atoms with Gasteiger partial charge in [-0.25, -0.2) is 0 Å². The zero-order valence-electron chi connectivity index (χ0n) is 11.4. The van der Waals surface area contributed by atoms with Crippen LogP contribution >= 0.6 is 12.4 Å². The maximum atomic E-state index is 11.6. The third-order valence-electron chi connectivity index (χ3n) is 2.67. The van der Waals surface area contributed by atoms with Crippen LogP contribution in [-0.2, 0) is 16.0 Å². The fourth-order valence-electron chi connectivity index (χ4n) is 1.64. The summed E-state index contributed by atoms with van der Waals surface area (Å²) in [5.74, 6) is 0.0646. The molecule has 0 saturated carbocycles. The Morgan fingerprint density at radius 1 is 1.37 bits per heavy atom. The van der Waals surface area contributed by atoms with E-state index >= 15 is 0 Å². The Morgan fingerprint density at radius 2 is 2.11 bits per heavy atom. The molecule has 1 aromatic rings. The van der Waals surface area contributed by atoms with E-state index in [0.717, 1.165) is 24.3 Å². The summed E-state index contributed by atoms with van der Waals surface area (Å²) in [7, 11) is 0. The number of nitrogens with two attached hydrogens (primary N) is 1. The molecule has 0 radical (unpaired) electrons. The van der Waals surface area contributed by atoms with E-state index in [9.17, 15) is 4.79 Å². The molecule has 0 fully saturated rings. The highest BCUT2D eigenvalue weighted by atomic mass is 35.5. The molecule has 0 aliphatic carbocycles. The van der Waals surface area contributed by atoms with Gasteiger partial charge < -0.3 is 15.8 Å². The van der Waals surface area contributed by atoms with Crippen molar-refractivity contribution < 1.29 is 9.53 Å². The standard InChI is InChI=1S/C14H22N2O2.ClH/c1-2-18-11-5-10-16-14(17)9-8-12-6-3-4-7-13(12)15;/h3-4,6-7H,2,5,8-11,15H2,1H3,(H,16,17);1H. The lowest BCUT2D eigenvalue weighted by Crippen LogP contribution is -2.25. The summed E-state index contributed by atoms with van der Waals surface area (Å²) in [5.41, 5.74) is 7.59. The molecule has 0 bridgehead atoms. The first-order chi connectivity index (χ1) is 8.74. The fraction of sp³-hybridized carbons (Fsp3) is 0.500. The topological polar surface area (TPSA) is 64.3 Å². The largest absolute Gasteiger partial charge is 0.399 e. The number of ether oxygens (including phenoxy) is 1. The summed E-state index contributed by atoms with van der Waals surface area (Å²) in [6.45, 7) is 4.05. The second-order valence-electron chi connectivity index (χ2n) is 4.10. The molecule has 0 aromatic heterocycles. The number of hydrogen-bond donors (Lipinski definition) is 2. The van der Waals surface area contributed by atoms with Gasteiger partial charge in [0.2, 0.25) is 5.91 Å². The lowest BCUT2D eigenvalue weighted by molar-refractivity contribution is -0.121. The van der Waals surface area contributed by atoms with Crippen LogP contribution in [0.15, 0.2) is 24.3 Å². The number of amides is 1.